The highest BCUT2D eigenvalue weighted by Crippen LogP contribution is 2.39. The van der Waals surface area contributed by atoms with Gasteiger partial charge in [0, 0.05) is 11.1 Å². The summed E-state index contributed by atoms with van der Waals surface area (Å²) in [6, 6.07) is 7.55. The molecule has 0 unspecified atom stereocenters. The molecule has 14 heteroatoms. The van der Waals surface area contributed by atoms with Crippen LogP contribution >= 0.6 is 0 Å². The Balaban J connectivity index is 2.15. The maximum Gasteiger partial charge on any atom is 0.332 e. The van der Waals surface area contributed by atoms with Crippen molar-refractivity contribution < 1.29 is 31.8 Å². The third kappa shape index (κ3) is 5.74. The minimum atomic E-state index is -4.05. The van der Waals surface area contributed by atoms with Gasteiger partial charge in [0.2, 0.25) is 20.0 Å². The molecule has 2 aromatic carbocycles. The summed E-state index contributed by atoms with van der Waals surface area (Å²) >= 11 is 0. The lowest BCUT2D eigenvalue weighted by Crippen LogP contribution is -2.46. The standard InChI is InChI=1S/C22H29N5O7S2/c1-21(2,11-28)26-35(31,32)13-5-7-15-16-8-6-14(36(33,34)27-22(3,4)12-29)10-18(16)19(17(15)9-13)24-25-20(23)30/h5-10,26-29H,11-12H2,1-4H3,(H3,23,25,30). The molecule has 1 aliphatic carbocycles. The number of aliphatic hydroxyl groups excluding tert-OH is 2. The van der Waals surface area contributed by atoms with Crippen LogP contribution in [0.4, 0.5) is 4.79 Å². The number of urea groups is 1. The lowest BCUT2D eigenvalue weighted by Gasteiger charge is -2.23. The predicted molar refractivity (Wildman–Crippen MR) is 133 cm³/mol. The minimum absolute atomic E-state index is 0.107. The van der Waals surface area contributed by atoms with Gasteiger partial charge in [-0.1, -0.05) is 12.1 Å². The van der Waals surface area contributed by atoms with Crippen molar-refractivity contribution in [3.63, 3.8) is 0 Å². The lowest BCUT2D eigenvalue weighted by atomic mass is 10.1. The molecule has 0 radical (unpaired) electrons. The number of nitrogens with one attached hydrogen (secondary N) is 3. The third-order valence-electron chi connectivity index (χ3n) is 5.29. The topological polar surface area (TPSA) is 200 Å². The normalized spacial score (nSPS) is 13.8. The molecule has 0 saturated heterocycles. The molecule has 36 heavy (non-hydrogen) atoms. The van der Waals surface area contributed by atoms with E-state index < -0.39 is 50.4 Å². The fourth-order valence-electron chi connectivity index (χ4n) is 3.53. The first-order valence-corrected chi connectivity index (χ1v) is 13.7. The number of hydrogen-bond donors (Lipinski definition) is 6. The van der Waals surface area contributed by atoms with Gasteiger partial charge in [-0.2, -0.15) is 5.10 Å². The number of hydrazone groups is 1. The van der Waals surface area contributed by atoms with E-state index >= 15 is 0 Å². The molecule has 0 spiro atoms. The van der Waals surface area contributed by atoms with Crippen LogP contribution in [-0.4, -0.2) is 63.1 Å². The summed E-state index contributed by atoms with van der Waals surface area (Å²) in [5.74, 6) is 0. The maximum absolute atomic E-state index is 12.9. The molecule has 196 valence electrons. The number of hydrogen-bond acceptors (Lipinski definition) is 8. The van der Waals surface area contributed by atoms with Crippen LogP contribution < -0.4 is 20.6 Å². The van der Waals surface area contributed by atoms with E-state index in [-0.39, 0.29) is 15.5 Å². The predicted octanol–water partition coefficient (Wildman–Crippen LogP) is 0.186. The van der Waals surface area contributed by atoms with Crippen molar-refractivity contribution in [2.75, 3.05) is 13.2 Å². The molecule has 0 bridgehead atoms. The number of primary amides is 1. The van der Waals surface area contributed by atoms with Crippen LogP contribution in [0.3, 0.4) is 0 Å². The second kappa shape index (κ2) is 9.53. The first-order valence-electron chi connectivity index (χ1n) is 10.7. The van der Waals surface area contributed by atoms with Crippen molar-refractivity contribution in [2.45, 2.75) is 48.6 Å². The summed E-state index contributed by atoms with van der Waals surface area (Å²) in [6.45, 7) is 5.21. The average molecular weight is 540 g/mol. The fourth-order valence-corrected chi connectivity index (χ4v) is 6.39. The number of rotatable bonds is 9. The number of fused-ring (bicyclic) bond motifs is 3. The van der Waals surface area contributed by atoms with Gasteiger partial charge < -0.3 is 15.9 Å². The van der Waals surface area contributed by atoms with E-state index in [1.807, 2.05) is 0 Å². The number of amides is 2. The van der Waals surface area contributed by atoms with Crippen molar-refractivity contribution in [1.29, 1.82) is 0 Å². The van der Waals surface area contributed by atoms with Gasteiger partial charge in [-0.05, 0) is 63.1 Å². The Kier molecular flexibility index (Phi) is 7.34. The zero-order chi connectivity index (χ0) is 27.1. The zero-order valence-corrected chi connectivity index (χ0v) is 21.8. The molecule has 2 aromatic rings. The number of nitrogens with two attached hydrogens (primary N) is 1. The van der Waals surface area contributed by atoms with Crippen LogP contribution in [0.15, 0.2) is 51.3 Å². The van der Waals surface area contributed by atoms with E-state index in [1.54, 1.807) is 12.1 Å². The average Bonchev–Trinajstić information content (AvgIpc) is 3.08. The van der Waals surface area contributed by atoms with Crippen molar-refractivity contribution >= 4 is 31.8 Å². The first-order chi connectivity index (χ1) is 16.5. The van der Waals surface area contributed by atoms with Crippen molar-refractivity contribution in [2.24, 2.45) is 10.8 Å². The maximum atomic E-state index is 12.9. The minimum Gasteiger partial charge on any atom is -0.394 e. The van der Waals surface area contributed by atoms with Crippen LogP contribution in [0.1, 0.15) is 38.8 Å². The molecule has 7 N–H and O–H groups in total. The first kappa shape index (κ1) is 27.7. The fraction of sp³-hybridized carbons (Fsp3) is 0.364. The highest BCUT2D eigenvalue weighted by atomic mass is 32.2. The largest absolute Gasteiger partial charge is 0.394 e. The number of carbonyl (C=O) groups is 1. The van der Waals surface area contributed by atoms with Gasteiger partial charge in [0.15, 0.2) is 0 Å². The van der Waals surface area contributed by atoms with E-state index in [9.17, 15) is 31.8 Å². The van der Waals surface area contributed by atoms with Gasteiger partial charge in [0.25, 0.3) is 0 Å². The van der Waals surface area contributed by atoms with E-state index in [0.29, 0.717) is 22.3 Å². The number of aliphatic hydroxyl groups is 2. The number of nitrogens with zero attached hydrogens (tertiary/aromatic N) is 1. The second-order valence-electron chi connectivity index (χ2n) is 9.65. The molecule has 0 atom stereocenters. The van der Waals surface area contributed by atoms with Crippen LogP contribution in [0.2, 0.25) is 0 Å². The second-order valence-corrected chi connectivity index (χ2v) is 13.0. The van der Waals surface area contributed by atoms with Crippen LogP contribution in [0.5, 0.6) is 0 Å². The van der Waals surface area contributed by atoms with E-state index in [2.05, 4.69) is 20.0 Å². The molecule has 12 nitrogen and oxygen atoms in total. The van der Waals surface area contributed by atoms with Gasteiger partial charge >= 0.3 is 6.03 Å². The Morgan fingerprint density at radius 1 is 0.806 bits per heavy atom. The van der Waals surface area contributed by atoms with Gasteiger partial charge in [0.05, 0.1) is 39.8 Å². The number of carbonyl (C=O) groups excluding carboxylic acids is 1. The summed E-state index contributed by atoms with van der Waals surface area (Å²) in [4.78, 5) is 11.1. The molecule has 3 rings (SSSR count). The molecule has 0 heterocycles. The van der Waals surface area contributed by atoms with Crippen LogP contribution in [0, 0.1) is 0 Å². The van der Waals surface area contributed by atoms with Gasteiger partial charge in [-0.25, -0.2) is 36.5 Å². The van der Waals surface area contributed by atoms with E-state index in [0.717, 1.165) is 0 Å². The van der Waals surface area contributed by atoms with Crippen LogP contribution in [0.25, 0.3) is 11.1 Å². The molecule has 0 saturated carbocycles. The molecule has 0 aromatic heterocycles. The van der Waals surface area contributed by atoms with E-state index in [1.165, 1.54) is 52.0 Å². The monoisotopic (exact) mass is 539 g/mol. The van der Waals surface area contributed by atoms with Gasteiger partial charge in [0.1, 0.15) is 0 Å². The third-order valence-corrected chi connectivity index (χ3v) is 8.68. The smallest absolute Gasteiger partial charge is 0.332 e. The molecule has 0 fully saturated rings. The molecular weight excluding hydrogens is 510 g/mol. The Morgan fingerprint density at radius 2 is 1.19 bits per heavy atom. The molecular formula is C22H29N5O7S2. The Hall–Kier alpha value is -2.88. The molecule has 2 amide bonds. The van der Waals surface area contributed by atoms with Crippen molar-refractivity contribution in [3.05, 3.63) is 47.5 Å². The Morgan fingerprint density at radius 3 is 1.53 bits per heavy atom. The van der Waals surface area contributed by atoms with Crippen molar-refractivity contribution in [3.8, 4) is 11.1 Å². The highest BCUT2D eigenvalue weighted by molar-refractivity contribution is 7.89. The van der Waals surface area contributed by atoms with Crippen LogP contribution in [-0.2, 0) is 20.0 Å². The number of benzene rings is 2. The summed E-state index contributed by atoms with van der Waals surface area (Å²) in [7, 11) is -8.11. The quantitative estimate of drug-likeness (QED) is 0.208. The highest BCUT2D eigenvalue weighted by Gasteiger charge is 2.32. The summed E-state index contributed by atoms with van der Waals surface area (Å²) in [5, 5.41) is 22.9. The van der Waals surface area contributed by atoms with E-state index in [4.69, 9.17) is 5.73 Å². The summed E-state index contributed by atoms with van der Waals surface area (Å²) < 4.78 is 56.6. The zero-order valence-electron chi connectivity index (χ0n) is 20.2. The summed E-state index contributed by atoms with van der Waals surface area (Å²) in [6.07, 6.45) is 0. The Labute approximate surface area is 209 Å². The van der Waals surface area contributed by atoms with Crippen molar-refractivity contribution in [1.82, 2.24) is 14.9 Å². The van der Waals surface area contributed by atoms with Gasteiger partial charge in [-0.15, -0.1) is 0 Å². The number of sulfonamides is 2. The molecule has 1 aliphatic rings. The SMILES string of the molecule is CC(C)(CO)NS(=O)(=O)c1ccc2c(c1)C(=NNC(N)=O)c1cc(S(=O)(=O)NC(C)(C)CO)ccc1-2. The Bertz CT molecular complexity index is 1350. The van der Waals surface area contributed by atoms with Gasteiger partial charge in [-0.3, -0.25) is 0 Å². The lowest BCUT2D eigenvalue weighted by molar-refractivity contribution is 0.208. The molecule has 0 aliphatic heterocycles. The summed E-state index contributed by atoms with van der Waals surface area (Å²) in [5.41, 5.74) is 6.90.